The first-order valence-electron chi connectivity index (χ1n) is 5.06. The number of amides is 2. The standard InChI is InChI=1S/C11H8N2O4/c14-10-7-8(6-4-2-1-3-5-6)12-17-9(7)11(15)13(10)16/h1-5,7,9,16H. The minimum absolute atomic E-state index is 0.104. The fraction of sp³-hybridized carbons (Fsp3) is 0.182. The van der Waals surface area contributed by atoms with Gasteiger partial charge in [-0.2, -0.15) is 5.06 Å². The highest BCUT2D eigenvalue weighted by atomic mass is 16.7. The summed E-state index contributed by atoms with van der Waals surface area (Å²) in [4.78, 5) is 28.0. The van der Waals surface area contributed by atoms with Gasteiger partial charge < -0.3 is 4.84 Å². The van der Waals surface area contributed by atoms with E-state index in [1.807, 2.05) is 6.07 Å². The number of hydroxylamine groups is 2. The molecule has 1 fully saturated rings. The van der Waals surface area contributed by atoms with Crippen molar-refractivity contribution in [2.45, 2.75) is 6.10 Å². The quantitative estimate of drug-likeness (QED) is 0.552. The Morgan fingerprint density at radius 2 is 1.88 bits per heavy atom. The van der Waals surface area contributed by atoms with Crippen LogP contribution in [0.15, 0.2) is 35.5 Å². The molecule has 1 saturated heterocycles. The molecule has 2 atom stereocenters. The van der Waals surface area contributed by atoms with Gasteiger partial charge in [-0.1, -0.05) is 35.5 Å². The van der Waals surface area contributed by atoms with Crippen molar-refractivity contribution >= 4 is 17.5 Å². The lowest BCUT2D eigenvalue weighted by Crippen LogP contribution is -2.29. The van der Waals surface area contributed by atoms with Crippen molar-refractivity contribution in [1.82, 2.24) is 5.06 Å². The third-order valence-corrected chi connectivity index (χ3v) is 2.86. The molecular formula is C11H8N2O4. The van der Waals surface area contributed by atoms with Gasteiger partial charge >= 0.3 is 0 Å². The zero-order chi connectivity index (χ0) is 12.0. The summed E-state index contributed by atoms with van der Waals surface area (Å²) in [5.41, 5.74) is 1.09. The summed E-state index contributed by atoms with van der Waals surface area (Å²) in [5, 5.41) is 13.1. The Labute approximate surface area is 96.0 Å². The van der Waals surface area contributed by atoms with Gasteiger partial charge in [0, 0.05) is 5.56 Å². The average molecular weight is 232 g/mol. The van der Waals surface area contributed by atoms with Crippen LogP contribution in [0.25, 0.3) is 0 Å². The Morgan fingerprint density at radius 1 is 1.18 bits per heavy atom. The maximum Gasteiger partial charge on any atom is 0.298 e. The van der Waals surface area contributed by atoms with Gasteiger partial charge in [-0.05, 0) is 0 Å². The van der Waals surface area contributed by atoms with Crippen molar-refractivity contribution in [2.24, 2.45) is 11.1 Å². The molecule has 6 nitrogen and oxygen atoms in total. The molecule has 86 valence electrons. The summed E-state index contributed by atoms with van der Waals surface area (Å²) in [6.07, 6.45) is -1.03. The zero-order valence-electron chi connectivity index (χ0n) is 8.61. The Bertz CT molecular complexity index is 526. The predicted molar refractivity (Wildman–Crippen MR) is 55.0 cm³/mol. The van der Waals surface area contributed by atoms with E-state index < -0.39 is 23.8 Å². The summed E-state index contributed by atoms with van der Waals surface area (Å²) in [6, 6.07) is 8.95. The number of hydrogen-bond acceptors (Lipinski definition) is 5. The van der Waals surface area contributed by atoms with E-state index in [9.17, 15) is 14.8 Å². The van der Waals surface area contributed by atoms with E-state index in [2.05, 4.69) is 5.16 Å². The Balaban J connectivity index is 2.01. The molecule has 1 aromatic carbocycles. The van der Waals surface area contributed by atoms with Gasteiger partial charge in [0.1, 0.15) is 11.6 Å². The molecule has 0 spiro atoms. The summed E-state index contributed by atoms with van der Waals surface area (Å²) in [5.74, 6) is -2.30. The molecule has 0 bridgehead atoms. The van der Waals surface area contributed by atoms with Gasteiger partial charge in [0.05, 0.1) is 0 Å². The number of rotatable bonds is 1. The van der Waals surface area contributed by atoms with Crippen LogP contribution in [0.3, 0.4) is 0 Å². The molecule has 0 saturated carbocycles. The van der Waals surface area contributed by atoms with Crippen molar-refractivity contribution in [3.63, 3.8) is 0 Å². The molecule has 6 heteroatoms. The molecule has 2 aliphatic heterocycles. The zero-order valence-corrected chi connectivity index (χ0v) is 8.61. The Kier molecular flexibility index (Phi) is 1.99. The van der Waals surface area contributed by atoms with Crippen LogP contribution in [0.4, 0.5) is 0 Å². The first-order chi connectivity index (χ1) is 8.20. The van der Waals surface area contributed by atoms with Crippen LogP contribution in [0.2, 0.25) is 0 Å². The second-order valence-electron chi connectivity index (χ2n) is 3.83. The van der Waals surface area contributed by atoms with Crippen molar-refractivity contribution in [3.8, 4) is 0 Å². The minimum Gasteiger partial charge on any atom is -0.381 e. The molecule has 2 heterocycles. The summed E-state index contributed by atoms with van der Waals surface area (Å²) in [6.45, 7) is 0. The number of benzene rings is 1. The fourth-order valence-electron chi connectivity index (χ4n) is 2.01. The second kappa shape index (κ2) is 3.39. The number of fused-ring (bicyclic) bond motifs is 1. The fourth-order valence-corrected chi connectivity index (χ4v) is 2.01. The Morgan fingerprint density at radius 3 is 2.59 bits per heavy atom. The van der Waals surface area contributed by atoms with Crippen LogP contribution in [-0.2, 0) is 14.4 Å². The minimum atomic E-state index is -1.03. The van der Waals surface area contributed by atoms with Crippen LogP contribution in [0.5, 0.6) is 0 Å². The van der Waals surface area contributed by atoms with E-state index >= 15 is 0 Å². The molecule has 0 radical (unpaired) electrons. The molecular weight excluding hydrogens is 224 g/mol. The highest BCUT2D eigenvalue weighted by molar-refractivity contribution is 6.22. The van der Waals surface area contributed by atoms with E-state index in [4.69, 9.17) is 4.84 Å². The molecule has 0 aliphatic carbocycles. The predicted octanol–water partition coefficient (Wildman–Crippen LogP) is 0.164. The molecule has 17 heavy (non-hydrogen) atoms. The first kappa shape index (κ1) is 9.98. The van der Waals surface area contributed by atoms with E-state index in [0.29, 0.717) is 11.3 Å². The lowest BCUT2D eigenvalue weighted by Gasteiger charge is -2.06. The highest BCUT2D eigenvalue weighted by Gasteiger charge is 2.55. The molecule has 2 unspecified atom stereocenters. The van der Waals surface area contributed by atoms with E-state index in [1.165, 1.54) is 0 Å². The molecule has 0 aromatic heterocycles. The number of nitrogens with zero attached hydrogens (tertiary/aromatic N) is 2. The largest absolute Gasteiger partial charge is 0.381 e. The lowest BCUT2D eigenvalue weighted by atomic mass is 9.94. The van der Waals surface area contributed by atoms with Crippen LogP contribution >= 0.6 is 0 Å². The van der Waals surface area contributed by atoms with Gasteiger partial charge in [-0.15, -0.1) is 0 Å². The van der Waals surface area contributed by atoms with Gasteiger partial charge in [-0.25, -0.2) is 0 Å². The lowest BCUT2D eigenvalue weighted by molar-refractivity contribution is -0.174. The molecule has 1 aromatic rings. The summed E-state index contributed by atoms with van der Waals surface area (Å²) < 4.78 is 0. The number of imide groups is 1. The van der Waals surface area contributed by atoms with Crippen LogP contribution in [-0.4, -0.2) is 33.9 Å². The van der Waals surface area contributed by atoms with Gasteiger partial charge in [-0.3, -0.25) is 14.8 Å². The van der Waals surface area contributed by atoms with Crippen molar-refractivity contribution in [1.29, 1.82) is 0 Å². The number of carbonyl (C=O) groups excluding carboxylic acids is 2. The SMILES string of the molecule is O=C1C2ON=C(c3ccccc3)C2C(=O)N1O. The topological polar surface area (TPSA) is 79.2 Å². The smallest absolute Gasteiger partial charge is 0.298 e. The summed E-state index contributed by atoms with van der Waals surface area (Å²) in [7, 11) is 0. The number of carbonyl (C=O) groups is 2. The van der Waals surface area contributed by atoms with E-state index in [0.717, 1.165) is 0 Å². The van der Waals surface area contributed by atoms with Crippen LogP contribution < -0.4 is 0 Å². The average Bonchev–Trinajstić information content (AvgIpc) is 2.88. The third kappa shape index (κ3) is 1.27. The van der Waals surface area contributed by atoms with E-state index in [-0.39, 0.29) is 5.06 Å². The molecule has 2 amide bonds. The first-order valence-corrected chi connectivity index (χ1v) is 5.06. The Hall–Kier alpha value is -2.21. The highest BCUT2D eigenvalue weighted by Crippen LogP contribution is 2.31. The summed E-state index contributed by atoms with van der Waals surface area (Å²) >= 11 is 0. The van der Waals surface area contributed by atoms with Crippen molar-refractivity contribution in [3.05, 3.63) is 35.9 Å². The monoisotopic (exact) mass is 232 g/mol. The van der Waals surface area contributed by atoms with E-state index in [1.54, 1.807) is 24.3 Å². The third-order valence-electron chi connectivity index (χ3n) is 2.86. The van der Waals surface area contributed by atoms with Crippen LogP contribution in [0, 0.1) is 5.92 Å². The van der Waals surface area contributed by atoms with Gasteiger partial charge in [0.15, 0.2) is 0 Å². The number of oxime groups is 1. The number of hydrogen-bond donors (Lipinski definition) is 1. The van der Waals surface area contributed by atoms with Gasteiger partial charge in [0.25, 0.3) is 11.8 Å². The van der Waals surface area contributed by atoms with Crippen molar-refractivity contribution < 1.29 is 19.6 Å². The molecule has 1 N–H and O–H groups in total. The maximum atomic E-state index is 11.7. The second-order valence-corrected chi connectivity index (χ2v) is 3.83. The van der Waals surface area contributed by atoms with Crippen molar-refractivity contribution in [2.75, 3.05) is 0 Å². The van der Waals surface area contributed by atoms with Gasteiger partial charge in [0.2, 0.25) is 6.10 Å². The molecule has 3 rings (SSSR count). The normalized spacial score (nSPS) is 26.9. The van der Waals surface area contributed by atoms with Crippen LogP contribution in [0.1, 0.15) is 5.56 Å². The molecule has 2 aliphatic rings. The maximum absolute atomic E-state index is 11.7.